The molecule has 2 rings (SSSR count). The van der Waals surface area contributed by atoms with Gasteiger partial charge in [-0.3, -0.25) is 0 Å². The Hall–Kier alpha value is -1.13. The first-order valence-electron chi connectivity index (χ1n) is 5.47. The third kappa shape index (κ3) is 2.51. The highest BCUT2D eigenvalue weighted by molar-refractivity contribution is 7.09. The van der Waals surface area contributed by atoms with Gasteiger partial charge in [0.1, 0.15) is 5.76 Å². The summed E-state index contributed by atoms with van der Waals surface area (Å²) in [5.41, 5.74) is 1.23. The fraction of sp³-hybridized carbons (Fsp3) is 0.417. The first kappa shape index (κ1) is 11.4. The average molecular weight is 236 g/mol. The number of thiazole rings is 1. The Labute approximate surface area is 99.5 Å². The number of aryl methyl sites for hydroxylation is 1. The van der Waals surface area contributed by atoms with Gasteiger partial charge in [-0.1, -0.05) is 6.92 Å². The molecule has 2 heterocycles. The molecule has 1 unspecified atom stereocenters. The van der Waals surface area contributed by atoms with Crippen molar-refractivity contribution in [2.75, 3.05) is 6.54 Å². The predicted octanol–water partition coefficient (Wildman–Crippen LogP) is 2.94. The van der Waals surface area contributed by atoms with E-state index in [2.05, 4.69) is 17.2 Å². The van der Waals surface area contributed by atoms with Crippen LogP contribution in [-0.4, -0.2) is 11.5 Å². The van der Waals surface area contributed by atoms with E-state index >= 15 is 0 Å². The smallest absolute Gasteiger partial charge is 0.105 e. The largest absolute Gasteiger partial charge is 0.469 e. The summed E-state index contributed by atoms with van der Waals surface area (Å²) in [6.07, 6.45) is 4.52. The van der Waals surface area contributed by atoms with Gasteiger partial charge in [0, 0.05) is 29.6 Å². The number of hydrogen-bond acceptors (Lipinski definition) is 4. The number of nitrogens with one attached hydrogen (secondary N) is 1. The molecule has 0 spiro atoms. The van der Waals surface area contributed by atoms with Crippen molar-refractivity contribution in [3.63, 3.8) is 0 Å². The van der Waals surface area contributed by atoms with E-state index in [1.165, 1.54) is 5.56 Å². The molecular weight excluding hydrogens is 220 g/mol. The normalized spacial score (nSPS) is 12.9. The van der Waals surface area contributed by atoms with Crippen molar-refractivity contribution >= 4 is 11.3 Å². The van der Waals surface area contributed by atoms with Gasteiger partial charge in [-0.05, 0) is 19.5 Å². The first-order valence-corrected chi connectivity index (χ1v) is 6.35. The lowest BCUT2D eigenvalue weighted by Crippen LogP contribution is -2.23. The summed E-state index contributed by atoms with van der Waals surface area (Å²) in [5.74, 6) is 0.988. The van der Waals surface area contributed by atoms with Crippen molar-refractivity contribution in [2.45, 2.75) is 26.3 Å². The highest BCUT2D eigenvalue weighted by atomic mass is 32.1. The van der Waals surface area contributed by atoms with Gasteiger partial charge < -0.3 is 9.73 Å². The van der Waals surface area contributed by atoms with Crippen LogP contribution in [0.3, 0.4) is 0 Å². The zero-order valence-electron chi connectivity index (χ0n) is 9.56. The van der Waals surface area contributed by atoms with Crippen molar-refractivity contribution in [2.24, 2.45) is 0 Å². The number of rotatable bonds is 5. The molecule has 0 aromatic carbocycles. The highest BCUT2D eigenvalue weighted by Crippen LogP contribution is 2.23. The van der Waals surface area contributed by atoms with E-state index in [-0.39, 0.29) is 0 Å². The molecule has 1 atom stereocenters. The van der Waals surface area contributed by atoms with Gasteiger partial charge >= 0.3 is 0 Å². The lowest BCUT2D eigenvalue weighted by atomic mass is 10.1. The average Bonchev–Trinajstić information content (AvgIpc) is 2.88. The quantitative estimate of drug-likeness (QED) is 0.867. The fourth-order valence-electron chi connectivity index (χ4n) is 1.82. The maximum atomic E-state index is 5.35. The molecule has 0 aliphatic carbocycles. The monoisotopic (exact) mass is 236 g/mol. The van der Waals surface area contributed by atoms with Crippen LogP contribution in [-0.2, 0) is 6.42 Å². The Balaban J connectivity index is 2.14. The van der Waals surface area contributed by atoms with E-state index < -0.39 is 0 Å². The van der Waals surface area contributed by atoms with Crippen molar-refractivity contribution in [1.29, 1.82) is 0 Å². The van der Waals surface area contributed by atoms with Gasteiger partial charge in [0.2, 0.25) is 0 Å². The number of nitrogens with zero attached hydrogens (tertiary/aromatic N) is 1. The van der Waals surface area contributed by atoms with Crippen LogP contribution in [0, 0.1) is 6.92 Å². The highest BCUT2D eigenvalue weighted by Gasteiger charge is 2.16. The van der Waals surface area contributed by atoms with E-state index in [1.807, 2.05) is 24.6 Å². The Morgan fingerprint density at radius 1 is 1.56 bits per heavy atom. The molecule has 0 radical (unpaired) electrons. The van der Waals surface area contributed by atoms with Crippen molar-refractivity contribution < 1.29 is 4.42 Å². The maximum absolute atomic E-state index is 5.35. The summed E-state index contributed by atoms with van der Waals surface area (Å²) < 4.78 is 5.35. The van der Waals surface area contributed by atoms with Gasteiger partial charge in [0.05, 0.1) is 11.3 Å². The third-order valence-electron chi connectivity index (χ3n) is 2.59. The Morgan fingerprint density at radius 3 is 3.00 bits per heavy atom. The second-order valence-corrected chi connectivity index (χ2v) is 4.65. The Kier molecular flexibility index (Phi) is 3.74. The van der Waals surface area contributed by atoms with Crippen LogP contribution in [0.25, 0.3) is 0 Å². The van der Waals surface area contributed by atoms with Crippen molar-refractivity contribution in [3.05, 3.63) is 40.2 Å². The molecule has 0 saturated carbocycles. The number of furan rings is 1. The molecule has 0 amide bonds. The van der Waals surface area contributed by atoms with Crippen LogP contribution in [0.2, 0.25) is 0 Å². The van der Waals surface area contributed by atoms with Crippen LogP contribution in [0.5, 0.6) is 0 Å². The third-order valence-corrected chi connectivity index (χ3v) is 3.39. The minimum absolute atomic E-state index is 0.301. The molecule has 4 heteroatoms. The summed E-state index contributed by atoms with van der Waals surface area (Å²) in [7, 11) is 0. The molecule has 0 fully saturated rings. The van der Waals surface area contributed by atoms with Gasteiger partial charge in [0.25, 0.3) is 0 Å². The van der Waals surface area contributed by atoms with Gasteiger partial charge in [-0.2, -0.15) is 0 Å². The summed E-state index contributed by atoms with van der Waals surface area (Å²) in [6.45, 7) is 5.06. The second-order valence-electron chi connectivity index (χ2n) is 3.67. The summed E-state index contributed by atoms with van der Waals surface area (Å²) in [4.78, 5) is 4.33. The van der Waals surface area contributed by atoms with E-state index in [0.29, 0.717) is 6.04 Å². The number of likely N-dealkylation sites (N-methyl/N-ethyl adjacent to an activating group) is 1. The standard InChI is InChI=1S/C12H16N2OS/c1-3-13-11(8-12-14-5-7-16-12)10-4-6-15-9(10)2/h4-7,11,13H,3,8H2,1-2H3. The van der Waals surface area contributed by atoms with E-state index in [1.54, 1.807) is 17.6 Å². The van der Waals surface area contributed by atoms with Crippen LogP contribution in [0.1, 0.15) is 29.3 Å². The zero-order valence-corrected chi connectivity index (χ0v) is 10.4. The summed E-state index contributed by atoms with van der Waals surface area (Å²) in [5, 5.41) is 6.64. The van der Waals surface area contributed by atoms with Crippen molar-refractivity contribution in [3.8, 4) is 0 Å². The summed E-state index contributed by atoms with van der Waals surface area (Å²) in [6, 6.07) is 2.34. The topological polar surface area (TPSA) is 38.1 Å². The van der Waals surface area contributed by atoms with Crippen LogP contribution >= 0.6 is 11.3 Å². The molecule has 0 bridgehead atoms. The van der Waals surface area contributed by atoms with Crippen molar-refractivity contribution in [1.82, 2.24) is 10.3 Å². The minimum Gasteiger partial charge on any atom is -0.469 e. The van der Waals surface area contributed by atoms with E-state index in [4.69, 9.17) is 4.42 Å². The first-order chi connectivity index (χ1) is 7.81. The molecule has 86 valence electrons. The van der Waals surface area contributed by atoms with E-state index in [9.17, 15) is 0 Å². The SMILES string of the molecule is CCNC(Cc1nccs1)c1ccoc1C. The molecular formula is C12H16N2OS. The molecule has 0 aliphatic rings. The molecule has 0 aliphatic heterocycles. The number of hydrogen-bond donors (Lipinski definition) is 1. The Bertz CT molecular complexity index is 422. The van der Waals surface area contributed by atoms with Crippen LogP contribution < -0.4 is 5.32 Å². The fourth-order valence-corrected chi connectivity index (χ4v) is 2.49. The lowest BCUT2D eigenvalue weighted by molar-refractivity contribution is 0.501. The molecule has 0 saturated heterocycles. The molecule has 2 aromatic rings. The Morgan fingerprint density at radius 2 is 2.44 bits per heavy atom. The predicted molar refractivity (Wildman–Crippen MR) is 65.7 cm³/mol. The van der Waals surface area contributed by atoms with Gasteiger partial charge in [-0.15, -0.1) is 11.3 Å². The van der Waals surface area contributed by atoms with Gasteiger partial charge in [0.15, 0.2) is 0 Å². The van der Waals surface area contributed by atoms with Gasteiger partial charge in [-0.25, -0.2) is 4.98 Å². The number of aromatic nitrogens is 1. The molecule has 3 nitrogen and oxygen atoms in total. The summed E-state index contributed by atoms with van der Waals surface area (Å²) >= 11 is 1.70. The zero-order chi connectivity index (χ0) is 11.4. The molecule has 2 aromatic heterocycles. The molecule has 1 N–H and O–H groups in total. The second kappa shape index (κ2) is 5.27. The lowest BCUT2D eigenvalue weighted by Gasteiger charge is -2.15. The minimum atomic E-state index is 0.301. The van der Waals surface area contributed by atoms with Crippen LogP contribution in [0.4, 0.5) is 0 Å². The van der Waals surface area contributed by atoms with Crippen LogP contribution in [0.15, 0.2) is 28.3 Å². The molecule has 16 heavy (non-hydrogen) atoms. The van der Waals surface area contributed by atoms with E-state index in [0.717, 1.165) is 23.7 Å². The maximum Gasteiger partial charge on any atom is 0.105 e.